The van der Waals surface area contributed by atoms with Gasteiger partial charge in [-0.1, -0.05) is 0 Å². The topological polar surface area (TPSA) is 46.2 Å². The van der Waals surface area contributed by atoms with Gasteiger partial charge >= 0.3 is 0 Å². The Kier molecular flexibility index (Phi) is 3.76. The Labute approximate surface area is 61.0 Å². The average molecular weight is 227 g/mol. The quantitative estimate of drug-likeness (QED) is 0.412. The summed E-state index contributed by atoms with van der Waals surface area (Å²) in [6.07, 6.45) is -0.0168. The van der Waals surface area contributed by atoms with Crippen molar-refractivity contribution in [2.45, 2.75) is 6.42 Å². The van der Waals surface area contributed by atoms with Crippen LogP contribution in [0.25, 0.3) is 0 Å². The van der Waals surface area contributed by atoms with E-state index >= 15 is 0 Å². The summed E-state index contributed by atoms with van der Waals surface area (Å²) in [5.74, 6) is -0.232. The third-order valence-corrected chi connectivity index (χ3v) is 0.960. The van der Waals surface area contributed by atoms with Gasteiger partial charge in [0.15, 0.2) is 0 Å². The van der Waals surface area contributed by atoms with Gasteiger partial charge in [0.25, 0.3) is 0 Å². The fourth-order valence-electron chi connectivity index (χ4n) is 0.215. The van der Waals surface area contributed by atoms with Gasteiger partial charge in [-0.25, -0.2) is 0 Å². The van der Waals surface area contributed by atoms with Crippen molar-refractivity contribution in [3.05, 3.63) is 0 Å². The second kappa shape index (κ2) is 3.82. The van der Waals surface area contributed by atoms with E-state index in [1.807, 2.05) is 0 Å². The first kappa shape index (κ1) is 7.87. The van der Waals surface area contributed by atoms with Crippen LogP contribution in [0.15, 0.2) is 0 Å². The molecule has 46 valence electrons. The van der Waals surface area contributed by atoms with Gasteiger partial charge in [0, 0.05) is 29.6 Å². The normalized spacial score (nSPS) is 8.25. The van der Waals surface area contributed by atoms with Crippen LogP contribution in [0.5, 0.6) is 0 Å². The van der Waals surface area contributed by atoms with Crippen molar-refractivity contribution >= 4 is 32.3 Å². The summed E-state index contributed by atoms with van der Waals surface area (Å²) in [6.45, 7) is 0. The third-order valence-electron chi connectivity index (χ3n) is 0.578. The fourth-order valence-corrected chi connectivity index (χ4v) is 0.561. The highest BCUT2D eigenvalue weighted by Gasteiger charge is 2.01. The van der Waals surface area contributed by atoms with Crippen LogP contribution >= 0.6 is 22.6 Å². The number of carbonyl (C=O) groups excluding carboxylic acids is 2. The third kappa shape index (κ3) is 4.04. The Balaban J connectivity index is 3.40. The molecule has 8 heavy (non-hydrogen) atoms. The molecule has 3 nitrogen and oxygen atoms in total. The van der Waals surface area contributed by atoms with Crippen LogP contribution in [-0.2, 0) is 9.59 Å². The van der Waals surface area contributed by atoms with E-state index in [1.54, 1.807) is 22.6 Å². The molecule has 0 aliphatic rings. The molecule has 4 heteroatoms. The Morgan fingerprint density at radius 3 is 2.25 bits per heavy atom. The van der Waals surface area contributed by atoms with Crippen LogP contribution in [0.3, 0.4) is 0 Å². The molecule has 0 aliphatic heterocycles. The van der Waals surface area contributed by atoms with Crippen molar-refractivity contribution in [1.82, 2.24) is 5.32 Å². The maximum atomic E-state index is 10.3. The van der Waals surface area contributed by atoms with Crippen LogP contribution in [0, 0.1) is 0 Å². The van der Waals surface area contributed by atoms with Gasteiger partial charge < -0.3 is 5.32 Å². The van der Waals surface area contributed by atoms with Gasteiger partial charge in [-0.3, -0.25) is 9.59 Å². The van der Waals surface area contributed by atoms with Crippen molar-refractivity contribution in [2.24, 2.45) is 0 Å². The van der Waals surface area contributed by atoms with Crippen LogP contribution < -0.4 is 5.32 Å². The predicted octanol–water partition coefficient (Wildman–Crippen LogP) is 0.0841. The van der Waals surface area contributed by atoms with Crippen molar-refractivity contribution in [1.29, 1.82) is 0 Å². The first-order valence-electron chi connectivity index (χ1n) is 2.05. The molecule has 0 unspecified atom stereocenters. The Morgan fingerprint density at radius 2 is 2.12 bits per heavy atom. The molecule has 1 amide bonds. The molecule has 0 aliphatic carbocycles. The SMILES string of the molecule is CNC(=O)CC(=O)I. The molecular formula is C4H6INO2. The molecule has 0 fully saturated rings. The van der Waals surface area contributed by atoms with Crippen molar-refractivity contribution in [3.63, 3.8) is 0 Å². The lowest BCUT2D eigenvalue weighted by molar-refractivity contribution is -0.123. The van der Waals surface area contributed by atoms with Crippen LogP contribution in [0.2, 0.25) is 0 Å². The largest absolute Gasteiger partial charge is 0.359 e. The predicted molar refractivity (Wildman–Crippen MR) is 37.7 cm³/mol. The van der Waals surface area contributed by atoms with Crippen molar-refractivity contribution in [2.75, 3.05) is 7.05 Å². The van der Waals surface area contributed by atoms with Gasteiger partial charge in [0.2, 0.25) is 9.70 Å². The molecule has 0 bridgehead atoms. The van der Waals surface area contributed by atoms with E-state index in [9.17, 15) is 9.59 Å². The molecule has 0 saturated heterocycles. The zero-order valence-corrected chi connectivity index (χ0v) is 6.56. The van der Waals surface area contributed by atoms with E-state index in [-0.39, 0.29) is 16.1 Å². The number of hydrogen-bond donors (Lipinski definition) is 1. The second-order valence-corrected chi connectivity index (χ2v) is 2.41. The number of hydrogen-bond acceptors (Lipinski definition) is 2. The summed E-state index contributed by atoms with van der Waals surface area (Å²) < 4.78 is -0.137. The Bertz CT molecular complexity index is 113. The lowest BCUT2D eigenvalue weighted by atomic mass is 10.4. The summed E-state index contributed by atoms with van der Waals surface area (Å²) in [5, 5.41) is 2.33. The smallest absolute Gasteiger partial charge is 0.228 e. The van der Waals surface area contributed by atoms with Gasteiger partial charge in [-0.05, 0) is 0 Å². The van der Waals surface area contributed by atoms with Gasteiger partial charge in [0.05, 0.1) is 6.42 Å². The summed E-state index contributed by atoms with van der Waals surface area (Å²) in [6, 6.07) is 0. The lowest BCUT2D eigenvalue weighted by Gasteiger charge is -1.90. The maximum Gasteiger partial charge on any atom is 0.228 e. The van der Waals surface area contributed by atoms with E-state index in [1.165, 1.54) is 7.05 Å². The van der Waals surface area contributed by atoms with Crippen LogP contribution in [0.1, 0.15) is 6.42 Å². The zero-order chi connectivity index (χ0) is 6.57. The number of nitrogens with one attached hydrogen (secondary N) is 1. The highest BCUT2D eigenvalue weighted by Crippen LogP contribution is 1.90. The first-order valence-corrected chi connectivity index (χ1v) is 3.13. The fraction of sp³-hybridized carbons (Fsp3) is 0.500. The number of halogens is 1. The van der Waals surface area contributed by atoms with E-state index in [4.69, 9.17) is 0 Å². The Hall–Kier alpha value is -0.130. The maximum absolute atomic E-state index is 10.3. The second-order valence-electron chi connectivity index (χ2n) is 1.21. The van der Waals surface area contributed by atoms with E-state index in [2.05, 4.69) is 5.32 Å². The summed E-state index contributed by atoms with van der Waals surface area (Å²) in [5.41, 5.74) is 0. The van der Waals surface area contributed by atoms with Crippen LogP contribution in [0.4, 0.5) is 0 Å². The molecule has 0 aromatic rings. The molecular weight excluding hydrogens is 221 g/mol. The summed E-state index contributed by atoms with van der Waals surface area (Å²) >= 11 is 1.58. The van der Waals surface area contributed by atoms with Gasteiger partial charge in [0.1, 0.15) is 0 Å². The Morgan fingerprint density at radius 1 is 1.62 bits per heavy atom. The first-order chi connectivity index (χ1) is 3.66. The molecule has 0 rings (SSSR count). The lowest BCUT2D eigenvalue weighted by Crippen LogP contribution is -2.18. The minimum Gasteiger partial charge on any atom is -0.359 e. The zero-order valence-electron chi connectivity index (χ0n) is 4.40. The molecule has 0 radical (unpaired) electrons. The molecule has 0 spiro atoms. The minimum absolute atomic E-state index is 0.0168. The molecule has 0 atom stereocenters. The van der Waals surface area contributed by atoms with E-state index in [0.29, 0.717) is 0 Å². The highest BCUT2D eigenvalue weighted by molar-refractivity contribution is 14.1. The molecule has 1 N–H and O–H groups in total. The van der Waals surface area contributed by atoms with Crippen molar-refractivity contribution < 1.29 is 9.59 Å². The number of amides is 1. The average Bonchev–Trinajstić information content (AvgIpc) is 1.65. The molecule has 0 aromatic carbocycles. The molecule has 0 aromatic heterocycles. The summed E-state index contributed by atoms with van der Waals surface area (Å²) in [4.78, 5) is 20.4. The molecule has 0 saturated carbocycles. The minimum atomic E-state index is -0.232. The monoisotopic (exact) mass is 227 g/mol. The van der Waals surface area contributed by atoms with E-state index in [0.717, 1.165) is 0 Å². The molecule has 0 heterocycles. The summed E-state index contributed by atoms with van der Waals surface area (Å²) in [7, 11) is 1.50. The standard InChI is InChI=1S/C4H6INO2/c1-6-4(8)2-3(5)7/h2H2,1H3,(H,6,8). The van der Waals surface area contributed by atoms with Crippen molar-refractivity contribution in [3.8, 4) is 0 Å². The van der Waals surface area contributed by atoms with Gasteiger partial charge in [-0.15, -0.1) is 0 Å². The van der Waals surface area contributed by atoms with E-state index < -0.39 is 0 Å². The number of carbonyl (C=O) groups is 2. The highest BCUT2D eigenvalue weighted by atomic mass is 127. The van der Waals surface area contributed by atoms with Crippen LogP contribution in [-0.4, -0.2) is 16.7 Å². The van der Waals surface area contributed by atoms with Gasteiger partial charge in [-0.2, -0.15) is 0 Å². The number of rotatable bonds is 2.